The summed E-state index contributed by atoms with van der Waals surface area (Å²) in [6.07, 6.45) is 12.9. The first-order valence-corrected chi connectivity index (χ1v) is 11.2. The van der Waals surface area contributed by atoms with Gasteiger partial charge >= 0.3 is 0 Å². The standard InChI is InChI=1S/C22H27N7O3/c30-18-13-16(24-21-26-19(28-29(18)21)15-7-3-1-4-8-15)14-32-22(10-5-2-6-11-22)20(31)25-17-9-12-23-27-17/h3,7-8,13,23H,1-2,4-6,9-12,14H2,(H,24,26,28)(H,25,27,31). The molecule has 1 fully saturated rings. The highest BCUT2D eigenvalue weighted by Gasteiger charge is 2.41. The minimum atomic E-state index is -0.928. The molecule has 2 aliphatic carbocycles. The SMILES string of the molecule is O=C(NC1=NNCC1)C1(OCc2cc(=O)n3nc(C4=CCCC=C4)nc3[nH]2)CCCCC1. The monoisotopic (exact) mass is 437 g/mol. The van der Waals surface area contributed by atoms with Crippen LogP contribution in [0.15, 0.2) is 34.2 Å². The highest BCUT2D eigenvalue weighted by molar-refractivity contribution is 6.02. The van der Waals surface area contributed by atoms with E-state index in [1.807, 2.05) is 6.08 Å². The second-order valence-corrected chi connectivity index (χ2v) is 8.46. The fraction of sp³-hybridized carbons (Fsp3) is 0.500. The number of allylic oxidation sites excluding steroid dienone is 4. The fourth-order valence-electron chi connectivity index (χ4n) is 4.41. The van der Waals surface area contributed by atoms with Crippen molar-refractivity contribution in [1.82, 2.24) is 30.3 Å². The predicted molar refractivity (Wildman–Crippen MR) is 119 cm³/mol. The molecular weight excluding hydrogens is 410 g/mol. The Morgan fingerprint density at radius 1 is 1.25 bits per heavy atom. The van der Waals surface area contributed by atoms with Gasteiger partial charge in [0.05, 0.1) is 6.61 Å². The molecule has 0 spiro atoms. The van der Waals surface area contributed by atoms with Gasteiger partial charge in [-0.05, 0) is 25.7 Å². The number of hydrazone groups is 1. The number of carbonyl (C=O) groups is 1. The summed E-state index contributed by atoms with van der Waals surface area (Å²) >= 11 is 0. The topological polar surface area (TPSA) is 126 Å². The zero-order valence-corrected chi connectivity index (χ0v) is 17.9. The number of hydrogen-bond donors (Lipinski definition) is 3. The second kappa shape index (κ2) is 8.70. The number of nitrogens with zero attached hydrogens (tertiary/aromatic N) is 4. The van der Waals surface area contributed by atoms with Gasteiger partial charge in [-0.3, -0.25) is 9.59 Å². The molecule has 3 heterocycles. The molecular formula is C22H27N7O3. The Morgan fingerprint density at radius 2 is 2.12 bits per heavy atom. The number of amidine groups is 1. The molecule has 2 aromatic rings. The van der Waals surface area contributed by atoms with Gasteiger partial charge in [-0.1, -0.05) is 37.5 Å². The molecule has 1 amide bonds. The molecule has 10 heteroatoms. The zero-order chi connectivity index (χ0) is 22.0. The van der Waals surface area contributed by atoms with Crippen LogP contribution in [0.1, 0.15) is 62.9 Å². The van der Waals surface area contributed by atoms with Crippen LogP contribution in [0.2, 0.25) is 0 Å². The summed E-state index contributed by atoms with van der Waals surface area (Å²) in [5.74, 6) is 1.35. The summed E-state index contributed by atoms with van der Waals surface area (Å²) in [6, 6.07) is 1.45. The Hall–Kier alpha value is -3.27. The number of carbonyl (C=O) groups excluding carboxylic acids is 1. The van der Waals surface area contributed by atoms with Gasteiger partial charge in [-0.2, -0.15) is 14.6 Å². The molecule has 0 aromatic carbocycles. The number of rotatable bonds is 5. The Kier molecular flexibility index (Phi) is 5.60. The smallest absolute Gasteiger partial charge is 0.275 e. The van der Waals surface area contributed by atoms with E-state index in [4.69, 9.17) is 4.74 Å². The number of H-pyrrole nitrogens is 1. The van der Waals surface area contributed by atoms with Gasteiger partial charge in [0.1, 0.15) is 11.4 Å². The first-order chi connectivity index (χ1) is 15.6. The molecule has 1 aliphatic heterocycles. The largest absolute Gasteiger partial charge is 0.359 e. The lowest BCUT2D eigenvalue weighted by Gasteiger charge is -2.35. The van der Waals surface area contributed by atoms with Gasteiger partial charge in [0.25, 0.3) is 11.5 Å². The maximum atomic E-state index is 13.1. The van der Waals surface area contributed by atoms with Crippen LogP contribution in [0, 0.1) is 0 Å². The van der Waals surface area contributed by atoms with Crippen LogP contribution < -0.4 is 16.3 Å². The third-order valence-electron chi connectivity index (χ3n) is 6.16. The average Bonchev–Trinajstić information content (AvgIpc) is 3.49. The third-order valence-corrected chi connectivity index (χ3v) is 6.16. The van der Waals surface area contributed by atoms with E-state index >= 15 is 0 Å². The van der Waals surface area contributed by atoms with E-state index in [9.17, 15) is 9.59 Å². The fourth-order valence-corrected chi connectivity index (χ4v) is 4.41. The molecule has 0 atom stereocenters. The van der Waals surface area contributed by atoms with Crippen molar-refractivity contribution in [1.29, 1.82) is 0 Å². The van der Waals surface area contributed by atoms with Crippen molar-refractivity contribution in [3.05, 3.63) is 46.2 Å². The van der Waals surface area contributed by atoms with E-state index < -0.39 is 5.60 Å². The van der Waals surface area contributed by atoms with E-state index in [0.29, 0.717) is 42.4 Å². The van der Waals surface area contributed by atoms with Gasteiger partial charge in [0.2, 0.25) is 5.78 Å². The highest BCUT2D eigenvalue weighted by Crippen LogP contribution is 2.33. The van der Waals surface area contributed by atoms with Crippen molar-refractivity contribution >= 4 is 23.1 Å². The Balaban J connectivity index is 1.36. The van der Waals surface area contributed by atoms with Crippen LogP contribution >= 0.6 is 0 Å². The van der Waals surface area contributed by atoms with Crippen LogP contribution in [-0.4, -0.2) is 43.5 Å². The van der Waals surface area contributed by atoms with E-state index in [1.54, 1.807) is 0 Å². The Labute approximate surface area is 184 Å². The number of aromatic nitrogens is 4. The highest BCUT2D eigenvalue weighted by atomic mass is 16.5. The molecule has 5 rings (SSSR count). The molecule has 0 radical (unpaired) electrons. The van der Waals surface area contributed by atoms with E-state index in [1.165, 1.54) is 10.6 Å². The molecule has 0 bridgehead atoms. The van der Waals surface area contributed by atoms with Gasteiger partial charge in [-0.15, -0.1) is 5.10 Å². The molecule has 10 nitrogen and oxygen atoms in total. The molecule has 2 aromatic heterocycles. The van der Waals surface area contributed by atoms with Gasteiger partial charge in [0, 0.05) is 30.3 Å². The zero-order valence-electron chi connectivity index (χ0n) is 17.9. The van der Waals surface area contributed by atoms with Crippen molar-refractivity contribution in [3.8, 4) is 0 Å². The normalized spacial score (nSPS) is 20.0. The van der Waals surface area contributed by atoms with Gasteiger partial charge < -0.3 is 20.5 Å². The van der Waals surface area contributed by atoms with Crippen molar-refractivity contribution in [2.75, 3.05) is 6.54 Å². The number of nitrogens with one attached hydrogen (secondary N) is 3. The first kappa shape index (κ1) is 20.6. The lowest BCUT2D eigenvalue weighted by molar-refractivity contribution is -0.153. The lowest BCUT2D eigenvalue weighted by Crippen LogP contribution is -2.51. The van der Waals surface area contributed by atoms with Gasteiger partial charge in [-0.25, -0.2) is 0 Å². The van der Waals surface area contributed by atoms with Crippen molar-refractivity contribution in [2.45, 2.75) is 63.6 Å². The van der Waals surface area contributed by atoms with Crippen molar-refractivity contribution in [2.24, 2.45) is 5.10 Å². The van der Waals surface area contributed by atoms with Crippen LogP contribution in [0.5, 0.6) is 0 Å². The molecule has 168 valence electrons. The van der Waals surface area contributed by atoms with Crippen LogP contribution in [0.25, 0.3) is 11.4 Å². The molecule has 3 aliphatic rings. The van der Waals surface area contributed by atoms with Crippen molar-refractivity contribution in [3.63, 3.8) is 0 Å². The third kappa shape index (κ3) is 4.10. The lowest BCUT2D eigenvalue weighted by atomic mass is 9.83. The summed E-state index contributed by atoms with van der Waals surface area (Å²) < 4.78 is 7.48. The number of aromatic amines is 1. The minimum Gasteiger partial charge on any atom is -0.359 e. The Bertz CT molecular complexity index is 1170. The molecule has 0 saturated heterocycles. The number of hydrogen-bond acceptors (Lipinski definition) is 7. The molecule has 1 saturated carbocycles. The summed E-state index contributed by atoms with van der Waals surface area (Å²) in [4.78, 5) is 33.4. The summed E-state index contributed by atoms with van der Waals surface area (Å²) in [7, 11) is 0. The molecule has 0 unspecified atom stereocenters. The summed E-state index contributed by atoms with van der Waals surface area (Å²) in [6.45, 7) is 0.826. The summed E-state index contributed by atoms with van der Waals surface area (Å²) in [5.41, 5.74) is 3.13. The molecule has 3 N–H and O–H groups in total. The number of ether oxygens (including phenoxy) is 1. The van der Waals surface area contributed by atoms with Crippen LogP contribution in [0.3, 0.4) is 0 Å². The van der Waals surface area contributed by atoms with Crippen LogP contribution in [-0.2, 0) is 16.1 Å². The maximum absolute atomic E-state index is 13.1. The van der Waals surface area contributed by atoms with E-state index in [2.05, 4.69) is 43.1 Å². The maximum Gasteiger partial charge on any atom is 0.275 e. The van der Waals surface area contributed by atoms with Gasteiger partial charge in [0.15, 0.2) is 5.82 Å². The minimum absolute atomic E-state index is 0.106. The summed E-state index contributed by atoms with van der Waals surface area (Å²) in [5, 5.41) is 11.4. The molecule has 32 heavy (non-hydrogen) atoms. The van der Waals surface area contributed by atoms with Crippen LogP contribution in [0.4, 0.5) is 0 Å². The first-order valence-electron chi connectivity index (χ1n) is 11.2. The van der Waals surface area contributed by atoms with Crippen molar-refractivity contribution < 1.29 is 9.53 Å². The van der Waals surface area contributed by atoms with E-state index in [-0.39, 0.29) is 18.1 Å². The second-order valence-electron chi connectivity index (χ2n) is 8.46. The number of fused-ring (bicyclic) bond motifs is 1. The Morgan fingerprint density at radius 3 is 2.88 bits per heavy atom. The average molecular weight is 438 g/mol. The number of amides is 1. The quantitative estimate of drug-likeness (QED) is 0.655. The predicted octanol–water partition coefficient (Wildman–Crippen LogP) is 1.79. The van der Waals surface area contributed by atoms with E-state index in [0.717, 1.165) is 44.2 Å².